The number of carbonyl (C=O) groups is 2. The Balaban J connectivity index is 1.53. The number of ketones is 1. The molecule has 0 saturated carbocycles. The van der Waals surface area contributed by atoms with Crippen molar-refractivity contribution in [2.45, 2.75) is 32.7 Å². The molecule has 2 bridgehead atoms. The molecule has 148 valence electrons. The largest absolute Gasteiger partial charge is 0.366 e. The summed E-state index contributed by atoms with van der Waals surface area (Å²) in [7, 11) is 0. The predicted octanol–water partition coefficient (Wildman–Crippen LogP) is 2.88. The molecule has 0 spiro atoms. The number of nitrogens with one attached hydrogen (secondary N) is 2. The molecule has 3 aromatic rings. The molecule has 1 fully saturated rings. The molecule has 0 aliphatic carbocycles. The van der Waals surface area contributed by atoms with Crippen LogP contribution in [0, 0.1) is 6.92 Å². The standard InChI is InChI=1S/C20H21N7O2/c1-11-5-6-14-17(21-11)24-25-18(14)23-20(29)27-13-4-3-9-26(10-13)16-8-7-15(12(2)28)22-19(16)27/h5-8,13H,3-4,9-10H2,1-2H3,(H2,21,23,24,25,29)/t13-/m0/s1. The number of nitrogens with zero attached hydrogens (tertiary/aromatic N) is 5. The van der Waals surface area contributed by atoms with Gasteiger partial charge in [0.05, 0.1) is 17.1 Å². The highest BCUT2D eigenvalue weighted by molar-refractivity contribution is 6.07. The minimum absolute atomic E-state index is 0.00321. The van der Waals surface area contributed by atoms with Crippen molar-refractivity contribution < 1.29 is 9.59 Å². The Kier molecular flexibility index (Phi) is 3.97. The summed E-state index contributed by atoms with van der Waals surface area (Å²) in [6.07, 6.45) is 1.88. The van der Waals surface area contributed by atoms with Crippen molar-refractivity contribution in [2.75, 3.05) is 28.2 Å². The van der Waals surface area contributed by atoms with Crippen LogP contribution in [0.5, 0.6) is 0 Å². The van der Waals surface area contributed by atoms with Gasteiger partial charge < -0.3 is 4.90 Å². The van der Waals surface area contributed by atoms with E-state index in [1.165, 1.54) is 6.92 Å². The van der Waals surface area contributed by atoms with E-state index in [0.29, 0.717) is 23.0 Å². The Bertz CT molecular complexity index is 1140. The summed E-state index contributed by atoms with van der Waals surface area (Å²) in [5, 5.41) is 10.7. The Morgan fingerprint density at radius 3 is 2.90 bits per heavy atom. The highest BCUT2D eigenvalue weighted by Crippen LogP contribution is 2.38. The number of Topliss-reactive ketones (excluding diaryl/α,β-unsaturated/α-hetero) is 1. The van der Waals surface area contributed by atoms with E-state index in [4.69, 9.17) is 0 Å². The molecule has 0 radical (unpaired) electrons. The first-order valence-corrected chi connectivity index (χ1v) is 9.70. The van der Waals surface area contributed by atoms with E-state index >= 15 is 0 Å². The predicted molar refractivity (Wildman–Crippen MR) is 110 cm³/mol. The molecule has 2 aliphatic heterocycles. The van der Waals surface area contributed by atoms with Gasteiger partial charge in [-0.3, -0.25) is 20.1 Å². The monoisotopic (exact) mass is 391 g/mol. The molecule has 2 N–H and O–H groups in total. The number of aromatic amines is 1. The third kappa shape index (κ3) is 2.89. The summed E-state index contributed by atoms with van der Waals surface area (Å²) >= 11 is 0. The van der Waals surface area contributed by atoms with Crippen LogP contribution in [-0.2, 0) is 0 Å². The number of hydrogen-bond acceptors (Lipinski definition) is 6. The van der Waals surface area contributed by atoms with Crippen LogP contribution in [0.3, 0.4) is 0 Å². The van der Waals surface area contributed by atoms with E-state index in [2.05, 4.69) is 30.4 Å². The minimum atomic E-state index is -0.306. The normalized spacial score (nSPS) is 17.9. The van der Waals surface area contributed by atoms with Crippen LogP contribution < -0.4 is 15.1 Å². The Morgan fingerprint density at radius 2 is 2.07 bits per heavy atom. The summed E-state index contributed by atoms with van der Waals surface area (Å²) in [4.78, 5) is 38.0. The smallest absolute Gasteiger partial charge is 0.329 e. The number of hydrogen-bond donors (Lipinski definition) is 2. The van der Waals surface area contributed by atoms with Gasteiger partial charge in [-0.15, -0.1) is 0 Å². The first kappa shape index (κ1) is 17.6. The maximum absolute atomic E-state index is 13.3. The molecular formula is C20H21N7O2. The Labute approximate surface area is 167 Å². The summed E-state index contributed by atoms with van der Waals surface area (Å²) in [5.74, 6) is 0.832. The molecular weight excluding hydrogens is 370 g/mol. The minimum Gasteiger partial charge on any atom is -0.366 e. The highest BCUT2D eigenvalue weighted by atomic mass is 16.2. The summed E-state index contributed by atoms with van der Waals surface area (Å²) in [5.41, 5.74) is 2.73. The topological polar surface area (TPSA) is 107 Å². The molecule has 1 atom stereocenters. The third-order valence-electron chi connectivity index (χ3n) is 5.55. The van der Waals surface area contributed by atoms with Gasteiger partial charge in [0.2, 0.25) is 0 Å². The number of aryl methyl sites for hydroxylation is 1. The van der Waals surface area contributed by atoms with Gasteiger partial charge in [0, 0.05) is 25.7 Å². The van der Waals surface area contributed by atoms with E-state index in [0.717, 1.165) is 42.7 Å². The van der Waals surface area contributed by atoms with Crippen molar-refractivity contribution in [2.24, 2.45) is 0 Å². The first-order valence-electron chi connectivity index (χ1n) is 9.70. The summed E-state index contributed by atoms with van der Waals surface area (Å²) in [6.45, 7) is 5.06. The van der Waals surface area contributed by atoms with Crippen molar-refractivity contribution in [1.82, 2.24) is 20.2 Å². The number of anilines is 3. The average molecular weight is 391 g/mol. The van der Waals surface area contributed by atoms with Crippen LogP contribution in [-0.4, -0.2) is 51.1 Å². The first-order chi connectivity index (χ1) is 14.0. The van der Waals surface area contributed by atoms with Crippen LogP contribution in [0.15, 0.2) is 24.3 Å². The number of urea groups is 1. The zero-order valence-corrected chi connectivity index (χ0v) is 16.3. The van der Waals surface area contributed by atoms with E-state index in [-0.39, 0.29) is 17.9 Å². The molecule has 9 heteroatoms. The molecule has 1 saturated heterocycles. The van der Waals surface area contributed by atoms with Crippen LogP contribution in [0.4, 0.5) is 22.1 Å². The Hall–Kier alpha value is -3.49. The molecule has 3 aromatic heterocycles. The zero-order valence-electron chi connectivity index (χ0n) is 16.3. The van der Waals surface area contributed by atoms with E-state index in [9.17, 15) is 9.59 Å². The molecule has 2 amide bonds. The van der Waals surface area contributed by atoms with Crippen LogP contribution >= 0.6 is 0 Å². The number of carbonyl (C=O) groups excluding carboxylic acids is 2. The third-order valence-corrected chi connectivity index (χ3v) is 5.55. The molecule has 29 heavy (non-hydrogen) atoms. The molecule has 5 rings (SSSR count). The van der Waals surface area contributed by atoms with Gasteiger partial charge in [-0.25, -0.2) is 14.8 Å². The van der Waals surface area contributed by atoms with Crippen LogP contribution in [0.2, 0.25) is 0 Å². The number of aromatic nitrogens is 4. The summed E-state index contributed by atoms with van der Waals surface area (Å²) < 4.78 is 0. The van der Waals surface area contributed by atoms with Gasteiger partial charge in [-0.05, 0) is 44.0 Å². The van der Waals surface area contributed by atoms with Crippen molar-refractivity contribution in [3.63, 3.8) is 0 Å². The van der Waals surface area contributed by atoms with Gasteiger partial charge >= 0.3 is 6.03 Å². The number of fused-ring (bicyclic) bond motifs is 5. The van der Waals surface area contributed by atoms with Gasteiger partial charge in [-0.2, -0.15) is 5.10 Å². The highest BCUT2D eigenvalue weighted by Gasteiger charge is 2.38. The fraction of sp³-hybridized carbons (Fsp3) is 0.350. The van der Waals surface area contributed by atoms with E-state index < -0.39 is 0 Å². The number of H-pyrrole nitrogens is 1. The lowest BCUT2D eigenvalue weighted by Crippen LogP contribution is -2.56. The van der Waals surface area contributed by atoms with Crippen molar-refractivity contribution in [1.29, 1.82) is 0 Å². The summed E-state index contributed by atoms with van der Waals surface area (Å²) in [6, 6.07) is 7.06. The van der Waals surface area contributed by atoms with E-state index in [1.54, 1.807) is 11.0 Å². The lowest BCUT2D eigenvalue weighted by Gasteiger charge is -2.45. The van der Waals surface area contributed by atoms with Crippen molar-refractivity contribution in [3.05, 3.63) is 35.7 Å². The number of rotatable bonds is 2. The van der Waals surface area contributed by atoms with Gasteiger partial charge in [0.25, 0.3) is 0 Å². The SMILES string of the molecule is CC(=O)c1ccc2c(n1)N(C(=O)Nc1n[nH]c3nc(C)ccc13)[C@H]1CCCN2C1. The molecule has 0 aromatic carbocycles. The quantitative estimate of drug-likeness (QED) is 0.651. The second-order valence-electron chi connectivity index (χ2n) is 7.56. The Morgan fingerprint density at radius 1 is 1.21 bits per heavy atom. The van der Waals surface area contributed by atoms with Crippen molar-refractivity contribution >= 4 is 40.2 Å². The second kappa shape index (κ2) is 6.54. The molecule has 5 heterocycles. The average Bonchev–Trinajstić information content (AvgIpc) is 3.09. The van der Waals surface area contributed by atoms with Gasteiger partial charge in [0.1, 0.15) is 5.69 Å². The fourth-order valence-corrected chi connectivity index (χ4v) is 4.14. The second-order valence-corrected chi connectivity index (χ2v) is 7.56. The zero-order chi connectivity index (χ0) is 20.1. The van der Waals surface area contributed by atoms with Gasteiger partial charge in [0.15, 0.2) is 23.1 Å². The maximum Gasteiger partial charge on any atom is 0.329 e. The van der Waals surface area contributed by atoms with Crippen LogP contribution in [0.25, 0.3) is 11.0 Å². The number of amides is 2. The number of pyridine rings is 2. The maximum atomic E-state index is 13.3. The lowest BCUT2D eigenvalue weighted by molar-refractivity contribution is 0.101. The fourth-order valence-electron chi connectivity index (χ4n) is 4.14. The van der Waals surface area contributed by atoms with Gasteiger partial charge in [-0.1, -0.05) is 0 Å². The molecule has 0 unspecified atom stereocenters. The molecule has 2 aliphatic rings. The number of piperidine rings is 1. The van der Waals surface area contributed by atoms with Crippen LogP contribution in [0.1, 0.15) is 35.9 Å². The molecule has 9 nitrogen and oxygen atoms in total. The van der Waals surface area contributed by atoms with Crippen molar-refractivity contribution in [3.8, 4) is 0 Å². The van der Waals surface area contributed by atoms with E-state index in [1.807, 2.05) is 25.1 Å². The lowest BCUT2D eigenvalue weighted by atomic mass is 9.99.